The number of aryl methyl sites for hydroxylation is 1. The number of amides is 1. The van der Waals surface area contributed by atoms with Crippen LogP contribution in [0.5, 0.6) is 0 Å². The minimum Gasteiger partial charge on any atom is -0.390 e. The Labute approximate surface area is 231 Å². The highest BCUT2D eigenvalue weighted by atomic mass is 35.5. The predicted octanol–water partition coefficient (Wildman–Crippen LogP) is 5.68. The number of aliphatic hydroxyl groups excluding tert-OH is 1. The molecule has 1 amide bonds. The molecule has 9 heteroatoms. The molecule has 5 nitrogen and oxygen atoms in total. The van der Waals surface area contributed by atoms with Crippen LogP contribution < -0.4 is 10.6 Å². The number of halogens is 4. The van der Waals surface area contributed by atoms with Crippen LogP contribution in [0.2, 0.25) is 10.0 Å². The monoisotopic (exact) mass is 562 g/mol. The van der Waals surface area contributed by atoms with E-state index in [1.165, 1.54) is 23.8 Å². The van der Waals surface area contributed by atoms with Gasteiger partial charge in [-0.2, -0.15) is 0 Å². The molecular weight excluding hydrogens is 533 g/mol. The van der Waals surface area contributed by atoms with Crippen molar-refractivity contribution in [3.05, 3.63) is 105 Å². The van der Waals surface area contributed by atoms with Crippen LogP contribution in [0.25, 0.3) is 0 Å². The lowest BCUT2D eigenvalue weighted by molar-refractivity contribution is -0.122. The summed E-state index contributed by atoms with van der Waals surface area (Å²) in [5.41, 5.74) is 2.86. The number of Topliss-reactive ketones (excluding diaryl/α,β-unsaturated/α-hetero) is 1. The van der Waals surface area contributed by atoms with Crippen molar-refractivity contribution in [1.29, 1.82) is 0 Å². The summed E-state index contributed by atoms with van der Waals surface area (Å²) in [4.78, 5) is 25.2. The van der Waals surface area contributed by atoms with Gasteiger partial charge in [-0.25, -0.2) is 8.78 Å². The summed E-state index contributed by atoms with van der Waals surface area (Å²) >= 11 is 11.9. The van der Waals surface area contributed by atoms with Crippen LogP contribution in [0.1, 0.15) is 46.8 Å². The van der Waals surface area contributed by atoms with E-state index < -0.39 is 29.7 Å². The fraction of sp³-hybridized carbons (Fsp3) is 0.310. The topological polar surface area (TPSA) is 78.4 Å². The van der Waals surface area contributed by atoms with Crippen LogP contribution in [0, 0.1) is 11.6 Å². The molecule has 3 aromatic carbocycles. The first-order valence-corrected chi connectivity index (χ1v) is 13.1. The lowest BCUT2D eigenvalue weighted by Gasteiger charge is -2.25. The van der Waals surface area contributed by atoms with E-state index in [1.54, 1.807) is 0 Å². The van der Waals surface area contributed by atoms with E-state index in [0.29, 0.717) is 17.1 Å². The molecule has 0 saturated heterocycles. The van der Waals surface area contributed by atoms with Crippen molar-refractivity contribution in [3.63, 3.8) is 0 Å². The Kier molecular flexibility index (Phi) is 11.2. The number of hydrogen-bond acceptors (Lipinski definition) is 4. The molecule has 0 aliphatic rings. The van der Waals surface area contributed by atoms with Crippen LogP contribution in [-0.4, -0.2) is 35.5 Å². The van der Waals surface area contributed by atoms with Crippen molar-refractivity contribution in [3.8, 4) is 0 Å². The highest BCUT2D eigenvalue weighted by Crippen LogP contribution is 2.23. The highest BCUT2D eigenvalue weighted by Gasteiger charge is 2.23. The molecule has 0 saturated carbocycles. The zero-order chi connectivity index (χ0) is 27.7. The predicted molar refractivity (Wildman–Crippen MR) is 146 cm³/mol. The molecule has 202 valence electrons. The zero-order valence-electron chi connectivity index (χ0n) is 20.9. The molecule has 0 spiro atoms. The summed E-state index contributed by atoms with van der Waals surface area (Å²) in [5, 5.41) is 17.3. The number of carbonyl (C=O) groups is 2. The Balaban J connectivity index is 1.63. The van der Waals surface area contributed by atoms with Gasteiger partial charge < -0.3 is 15.7 Å². The van der Waals surface area contributed by atoms with Crippen molar-refractivity contribution in [2.45, 2.75) is 51.3 Å². The van der Waals surface area contributed by atoms with Crippen LogP contribution in [0.15, 0.2) is 60.7 Å². The molecule has 38 heavy (non-hydrogen) atoms. The number of hydrogen-bond donors (Lipinski definition) is 3. The lowest BCUT2D eigenvalue weighted by Crippen LogP contribution is -2.48. The van der Waals surface area contributed by atoms with Crippen LogP contribution in [0.4, 0.5) is 8.78 Å². The van der Waals surface area contributed by atoms with Gasteiger partial charge in [0.05, 0.1) is 22.2 Å². The second-order valence-electron chi connectivity index (χ2n) is 9.08. The molecule has 2 atom stereocenters. The maximum Gasteiger partial charge on any atom is 0.220 e. The first-order chi connectivity index (χ1) is 18.1. The summed E-state index contributed by atoms with van der Waals surface area (Å²) < 4.78 is 27.5. The Bertz CT molecular complexity index is 1250. The van der Waals surface area contributed by atoms with Crippen LogP contribution in [0.3, 0.4) is 0 Å². The third kappa shape index (κ3) is 9.17. The number of carbonyl (C=O) groups excluding carboxylic acids is 2. The molecule has 0 fully saturated rings. The minimum absolute atomic E-state index is 0.00464. The Morgan fingerprint density at radius 1 is 0.895 bits per heavy atom. The molecule has 3 N–H and O–H groups in total. The van der Waals surface area contributed by atoms with Crippen molar-refractivity contribution in [2.75, 3.05) is 6.54 Å². The summed E-state index contributed by atoms with van der Waals surface area (Å²) in [6.45, 7) is 2.69. The van der Waals surface area contributed by atoms with Crippen molar-refractivity contribution in [2.24, 2.45) is 0 Å². The zero-order valence-corrected chi connectivity index (χ0v) is 22.5. The molecular formula is C29H30Cl2F2N2O3. The van der Waals surface area contributed by atoms with E-state index >= 15 is 0 Å². The fourth-order valence-corrected chi connectivity index (χ4v) is 4.35. The van der Waals surface area contributed by atoms with Gasteiger partial charge in [0.2, 0.25) is 5.91 Å². The molecule has 0 aliphatic carbocycles. The normalized spacial score (nSPS) is 12.7. The van der Waals surface area contributed by atoms with Gasteiger partial charge >= 0.3 is 0 Å². The Morgan fingerprint density at radius 2 is 1.61 bits per heavy atom. The van der Waals surface area contributed by atoms with E-state index in [0.717, 1.165) is 30.2 Å². The maximum absolute atomic E-state index is 13.8. The Morgan fingerprint density at radius 3 is 2.29 bits per heavy atom. The van der Waals surface area contributed by atoms with Gasteiger partial charge in [-0.05, 0) is 59.9 Å². The van der Waals surface area contributed by atoms with Gasteiger partial charge in [0.1, 0.15) is 11.6 Å². The summed E-state index contributed by atoms with van der Waals surface area (Å²) in [6.07, 6.45) is -0.396. The van der Waals surface area contributed by atoms with Crippen molar-refractivity contribution in [1.82, 2.24) is 10.6 Å². The average Bonchev–Trinajstić information content (AvgIpc) is 2.88. The minimum atomic E-state index is -1.06. The number of ketones is 1. The second-order valence-corrected chi connectivity index (χ2v) is 9.89. The molecule has 0 bridgehead atoms. The second kappa shape index (κ2) is 14.4. The highest BCUT2D eigenvalue weighted by molar-refractivity contribution is 6.42. The third-order valence-electron chi connectivity index (χ3n) is 6.09. The smallest absolute Gasteiger partial charge is 0.220 e. The fourth-order valence-electron chi connectivity index (χ4n) is 4.05. The van der Waals surface area contributed by atoms with Gasteiger partial charge in [0.25, 0.3) is 0 Å². The van der Waals surface area contributed by atoms with E-state index in [2.05, 4.69) is 23.6 Å². The average molecular weight is 563 g/mol. The summed E-state index contributed by atoms with van der Waals surface area (Å²) in [5.74, 6) is -2.27. The molecule has 0 unspecified atom stereocenters. The first-order valence-electron chi connectivity index (χ1n) is 12.3. The van der Waals surface area contributed by atoms with Crippen molar-refractivity contribution >= 4 is 34.9 Å². The number of nitrogens with one attached hydrogen (secondary N) is 2. The number of rotatable bonds is 13. The van der Waals surface area contributed by atoms with Gasteiger partial charge in [-0.15, -0.1) is 0 Å². The molecule has 3 aromatic rings. The quantitative estimate of drug-likeness (QED) is 0.234. The van der Waals surface area contributed by atoms with Gasteiger partial charge in [0.15, 0.2) is 5.78 Å². The molecule has 0 aromatic heterocycles. The van der Waals surface area contributed by atoms with E-state index in [9.17, 15) is 23.5 Å². The lowest BCUT2D eigenvalue weighted by atomic mass is 10.00. The SMILES string of the molecule is CCc1cccc(CNC[C@@H](O)[C@H](Cc2cc(F)cc(F)c2)NC(=O)CCC(=O)c2ccc(Cl)c(Cl)c2)c1. The molecule has 0 radical (unpaired) electrons. The largest absolute Gasteiger partial charge is 0.390 e. The molecule has 0 aliphatic heterocycles. The van der Waals surface area contributed by atoms with Crippen LogP contribution in [-0.2, 0) is 24.2 Å². The summed E-state index contributed by atoms with van der Waals surface area (Å²) in [6, 6.07) is 14.7. The van der Waals surface area contributed by atoms with Gasteiger partial charge in [0, 0.05) is 37.6 Å². The molecule has 3 rings (SSSR count). The molecule has 0 heterocycles. The first kappa shape index (κ1) is 29.7. The van der Waals surface area contributed by atoms with E-state index in [1.807, 2.05) is 18.2 Å². The van der Waals surface area contributed by atoms with E-state index in [4.69, 9.17) is 23.2 Å². The standard InChI is InChI=1S/C29H30Cl2F2N2O3/c1-2-18-4-3-5-19(10-18)16-34-17-28(37)26(13-20-11-22(32)15-23(33)12-20)35-29(38)9-8-27(36)21-6-7-24(30)25(31)14-21/h3-7,10-12,14-15,26,28,34,37H,2,8-9,13,16-17H2,1H3,(H,35,38)/t26-,28+/m0/s1. The number of benzene rings is 3. The van der Waals surface area contributed by atoms with Gasteiger partial charge in [-0.3, -0.25) is 9.59 Å². The Hall–Kier alpha value is -2.84. The third-order valence-corrected chi connectivity index (χ3v) is 6.83. The van der Waals surface area contributed by atoms with Gasteiger partial charge in [-0.1, -0.05) is 54.4 Å². The van der Waals surface area contributed by atoms with Crippen molar-refractivity contribution < 1.29 is 23.5 Å². The maximum atomic E-state index is 13.8. The van der Waals surface area contributed by atoms with E-state index in [-0.39, 0.29) is 42.2 Å². The number of aliphatic hydroxyl groups is 1. The summed E-state index contributed by atoms with van der Waals surface area (Å²) in [7, 11) is 0. The van der Waals surface area contributed by atoms with Crippen LogP contribution >= 0.6 is 23.2 Å².